The Morgan fingerprint density at radius 3 is 2.50 bits per heavy atom. The Labute approximate surface area is 189 Å². The number of imidazole rings is 1. The summed E-state index contributed by atoms with van der Waals surface area (Å²) in [6, 6.07) is 29.0. The number of aromatic nitrogens is 3. The Balaban J connectivity index is 1.72. The maximum atomic E-state index is 9.98. The van der Waals surface area contributed by atoms with Crippen LogP contribution in [-0.2, 0) is 0 Å². The lowest BCUT2D eigenvalue weighted by Gasteiger charge is -2.09. The lowest BCUT2D eigenvalue weighted by atomic mass is 10.00. The number of pyridine rings is 1. The molecule has 5 nitrogen and oxygen atoms in total. The van der Waals surface area contributed by atoms with Crippen molar-refractivity contribution >= 4 is 34.7 Å². The molecule has 32 heavy (non-hydrogen) atoms. The van der Waals surface area contributed by atoms with E-state index in [1.807, 2.05) is 78.9 Å². The number of nitriles is 1. The van der Waals surface area contributed by atoms with Crippen molar-refractivity contribution in [3.05, 3.63) is 101 Å². The van der Waals surface area contributed by atoms with E-state index >= 15 is 0 Å². The second-order valence-electron chi connectivity index (χ2n) is 7.15. The number of rotatable bonds is 4. The molecule has 3 aromatic carbocycles. The van der Waals surface area contributed by atoms with Crippen LogP contribution in [0.1, 0.15) is 11.1 Å². The van der Waals surface area contributed by atoms with E-state index in [0.29, 0.717) is 33.5 Å². The maximum Gasteiger partial charge on any atom is 0.171 e. The first-order valence-corrected chi connectivity index (χ1v) is 10.3. The number of aromatic amines is 1. The molecule has 0 saturated carbocycles. The Morgan fingerprint density at radius 1 is 0.906 bits per heavy atom. The van der Waals surface area contributed by atoms with Crippen molar-refractivity contribution in [2.24, 2.45) is 4.99 Å². The third-order valence-electron chi connectivity index (χ3n) is 5.02. The molecule has 0 amide bonds. The SMILES string of the molecule is N#Cc1c(-c2cccc(Cl)c2)cc(-c2nc3ccccc3[nH]2)nc1/N=C/c1ccccc1. The minimum atomic E-state index is 0.323. The summed E-state index contributed by atoms with van der Waals surface area (Å²) in [4.78, 5) is 17.2. The number of nitrogens with one attached hydrogen (secondary N) is 1. The third-order valence-corrected chi connectivity index (χ3v) is 5.25. The standard InChI is InChI=1S/C26H16ClN5/c27-19-10-6-9-18(13-19)20-14-24(26-30-22-11-4-5-12-23(22)31-26)32-25(21(20)15-28)29-16-17-7-2-1-3-8-17/h1-14,16H,(H,30,31)/b29-16+. The van der Waals surface area contributed by atoms with Gasteiger partial charge in [-0.05, 0) is 41.5 Å². The summed E-state index contributed by atoms with van der Waals surface area (Å²) in [7, 11) is 0. The molecule has 0 bridgehead atoms. The fourth-order valence-electron chi connectivity index (χ4n) is 3.49. The third kappa shape index (κ3) is 3.87. The average Bonchev–Trinajstić information content (AvgIpc) is 3.27. The Morgan fingerprint density at radius 2 is 1.72 bits per heavy atom. The second kappa shape index (κ2) is 8.46. The highest BCUT2D eigenvalue weighted by molar-refractivity contribution is 6.30. The first kappa shape index (κ1) is 19.7. The fraction of sp³-hybridized carbons (Fsp3) is 0. The van der Waals surface area contributed by atoms with Crippen LogP contribution in [0.3, 0.4) is 0 Å². The molecular weight excluding hydrogens is 418 g/mol. The molecule has 6 heteroatoms. The monoisotopic (exact) mass is 433 g/mol. The van der Waals surface area contributed by atoms with Crippen LogP contribution in [0.4, 0.5) is 5.82 Å². The van der Waals surface area contributed by atoms with E-state index in [9.17, 15) is 5.26 Å². The number of hydrogen-bond donors (Lipinski definition) is 1. The number of benzene rings is 3. The highest BCUT2D eigenvalue weighted by Crippen LogP contribution is 2.34. The van der Waals surface area contributed by atoms with Gasteiger partial charge in [0.15, 0.2) is 11.6 Å². The summed E-state index contributed by atoms with van der Waals surface area (Å²) in [6.07, 6.45) is 1.70. The van der Waals surface area contributed by atoms with Crippen LogP contribution in [0.5, 0.6) is 0 Å². The zero-order chi connectivity index (χ0) is 21.9. The normalized spacial score (nSPS) is 11.1. The van der Waals surface area contributed by atoms with E-state index in [-0.39, 0.29) is 0 Å². The largest absolute Gasteiger partial charge is 0.337 e. The predicted molar refractivity (Wildman–Crippen MR) is 128 cm³/mol. The van der Waals surface area contributed by atoms with Gasteiger partial charge in [-0.25, -0.2) is 15.0 Å². The molecule has 0 saturated heterocycles. The fourth-order valence-corrected chi connectivity index (χ4v) is 3.68. The van der Waals surface area contributed by atoms with Crippen LogP contribution < -0.4 is 0 Å². The lowest BCUT2D eigenvalue weighted by molar-refractivity contribution is 1.21. The number of para-hydroxylation sites is 2. The van der Waals surface area contributed by atoms with Crippen LogP contribution in [0.2, 0.25) is 5.02 Å². The molecule has 0 aliphatic heterocycles. The first-order valence-electron chi connectivity index (χ1n) is 9.96. The first-order chi connectivity index (χ1) is 15.7. The van der Waals surface area contributed by atoms with Crippen LogP contribution in [0.25, 0.3) is 33.7 Å². The quantitative estimate of drug-likeness (QED) is 0.325. The summed E-state index contributed by atoms with van der Waals surface area (Å²) >= 11 is 6.23. The van der Waals surface area contributed by atoms with Gasteiger partial charge in [0, 0.05) is 16.8 Å². The Bertz CT molecular complexity index is 1460. The van der Waals surface area contributed by atoms with E-state index in [4.69, 9.17) is 11.6 Å². The van der Waals surface area contributed by atoms with E-state index in [2.05, 4.69) is 26.0 Å². The molecule has 152 valence electrons. The average molecular weight is 434 g/mol. The molecule has 0 unspecified atom stereocenters. The van der Waals surface area contributed by atoms with Crippen molar-refractivity contribution in [1.82, 2.24) is 15.0 Å². The van der Waals surface area contributed by atoms with Crippen molar-refractivity contribution < 1.29 is 0 Å². The van der Waals surface area contributed by atoms with Crippen molar-refractivity contribution in [1.29, 1.82) is 5.26 Å². The number of aliphatic imine (C=N–C) groups is 1. The molecule has 2 heterocycles. The predicted octanol–water partition coefficient (Wildman–Crippen LogP) is 6.57. The molecule has 0 aliphatic carbocycles. The Kier molecular flexibility index (Phi) is 5.20. The van der Waals surface area contributed by atoms with E-state index in [0.717, 1.165) is 22.2 Å². The van der Waals surface area contributed by atoms with E-state index in [1.54, 1.807) is 12.3 Å². The number of fused-ring (bicyclic) bond motifs is 1. The number of nitrogens with zero attached hydrogens (tertiary/aromatic N) is 4. The lowest BCUT2D eigenvalue weighted by Crippen LogP contribution is -1.94. The van der Waals surface area contributed by atoms with Crippen molar-refractivity contribution in [3.63, 3.8) is 0 Å². The van der Waals surface area contributed by atoms with Gasteiger partial charge in [0.1, 0.15) is 17.3 Å². The van der Waals surface area contributed by atoms with Crippen LogP contribution in [0, 0.1) is 11.3 Å². The zero-order valence-electron chi connectivity index (χ0n) is 16.8. The second-order valence-corrected chi connectivity index (χ2v) is 7.58. The maximum absolute atomic E-state index is 9.98. The van der Waals surface area contributed by atoms with Gasteiger partial charge in [-0.2, -0.15) is 5.26 Å². The molecule has 0 atom stereocenters. The van der Waals surface area contributed by atoms with Crippen molar-refractivity contribution in [3.8, 4) is 28.7 Å². The van der Waals surface area contributed by atoms with Crippen molar-refractivity contribution in [2.75, 3.05) is 0 Å². The van der Waals surface area contributed by atoms with Gasteiger partial charge >= 0.3 is 0 Å². The van der Waals surface area contributed by atoms with Crippen LogP contribution in [-0.4, -0.2) is 21.2 Å². The van der Waals surface area contributed by atoms with Gasteiger partial charge in [0.2, 0.25) is 0 Å². The van der Waals surface area contributed by atoms with E-state index < -0.39 is 0 Å². The summed E-state index contributed by atoms with van der Waals surface area (Å²) < 4.78 is 0. The van der Waals surface area contributed by atoms with Gasteiger partial charge in [-0.3, -0.25) is 0 Å². The van der Waals surface area contributed by atoms with Gasteiger partial charge in [-0.15, -0.1) is 0 Å². The highest BCUT2D eigenvalue weighted by atomic mass is 35.5. The van der Waals surface area contributed by atoms with Crippen LogP contribution >= 0.6 is 11.6 Å². The minimum Gasteiger partial charge on any atom is -0.337 e. The molecule has 5 aromatic rings. The summed E-state index contributed by atoms with van der Waals surface area (Å²) in [6.45, 7) is 0. The van der Waals surface area contributed by atoms with Gasteiger partial charge < -0.3 is 4.98 Å². The smallest absolute Gasteiger partial charge is 0.171 e. The van der Waals surface area contributed by atoms with Gasteiger partial charge in [0.05, 0.1) is 11.0 Å². The molecule has 5 rings (SSSR count). The van der Waals surface area contributed by atoms with E-state index in [1.165, 1.54) is 0 Å². The molecule has 0 aliphatic rings. The van der Waals surface area contributed by atoms with Crippen molar-refractivity contribution in [2.45, 2.75) is 0 Å². The van der Waals surface area contributed by atoms with Gasteiger partial charge in [-0.1, -0.05) is 66.2 Å². The van der Waals surface area contributed by atoms with Crippen LogP contribution in [0.15, 0.2) is 89.9 Å². The molecule has 1 N–H and O–H groups in total. The number of halogens is 1. The zero-order valence-corrected chi connectivity index (χ0v) is 17.6. The molecule has 0 radical (unpaired) electrons. The molecular formula is C26H16ClN5. The molecule has 0 fully saturated rings. The topological polar surface area (TPSA) is 77.7 Å². The minimum absolute atomic E-state index is 0.323. The summed E-state index contributed by atoms with van der Waals surface area (Å²) in [5.74, 6) is 0.930. The Hall–Kier alpha value is -4.27. The number of H-pyrrole nitrogens is 1. The summed E-state index contributed by atoms with van der Waals surface area (Å²) in [5, 5.41) is 10.6. The molecule has 0 spiro atoms. The number of hydrogen-bond acceptors (Lipinski definition) is 4. The summed E-state index contributed by atoms with van der Waals surface area (Å²) in [5.41, 5.74) is 5.14. The highest BCUT2D eigenvalue weighted by Gasteiger charge is 2.17. The molecule has 2 aromatic heterocycles. The van der Waals surface area contributed by atoms with Gasteiger partial charge in [0.25, 0.3) is 0 Å².